The van der Waals surface area contributed by atoms with Crippen LogP contribution in [-0.2, 0) is 14.3 Å². The van der Waals surface area contributed by atoms with Gasteiger partial charge in [0.15, 0.2) is 0 Å². The molecular formula is C8H12O3. The molecule has 0 radical (unpaired) electrons. The molecule has 0 N–H and O–H groups in total. The Morgan fingerprint density at radius 3 is 2.55 bits per heavy atom. The van der Waals surface area contributed by atoms with Gasteiger partial charge >= 0.3 is 5.97 Å². The number of hydrogen-bond donors (Lipinski definition) is 0. The normalized spacial score (nSPS) is 25.5. The van der Waals surface area contributed by atoms with Gasteiger partial charge in [-0.3, -0.25) is 4.79 Å². The molecule has 3 heteroatoms. The van der Waals surface area contributed by atoms with E-state index in [1.54, 1.807) is 0 Å². The van der Waals surface area contributed by atoms with E-state index in [0.717, 1.165) is 0 Å². The fourth-order valence-electron chi connectivity index (χ4n) is 1.11. The number of hydrogen-bond acceptors (Lipinski definition) is 3. The number of rotatable bonds is 1. The monoisotopic (exact) mass is 156 g/mol. The van der Waals surface area contributed by atoms with Gasteiger partial charge in [-0.05, 0) is 12.3 Å². The van der Waals surface area contributed by atoms with Gasteiger partial charge in [-0.25, -0.2) is 4.79 Å². The van der Waals surface area contributed by atoms with Gasteiger partial charge < -0.3 is 4.74 Å². The number of ketones is 1. The van der Waals surface area contributed by atoms with Gasteiger partial charge in [0.05, 0.1) is 0 Å². The van der Waals surface area contributed by atoms with Crippen LogP contribution in [0.5, 0.6) is 0 Å². The lowest BCUT2D eigenvalue weighted by atomic mass is 9.98. The Kier molecular flexibility index (Phi) is 2.27. The molecule has 1 atom stereocenters. The summed E-state index contributed by atoms with van der Waals surface area (Å²) in [5.74, 6) is -0.732. The maximum absolute atomic E-state index is 10.7. The molecule has 1 heterocycles. The first-order valence-electron chi connectivity index (χ1n) is 3.85. The van der Waals surface area contributed by atoms with Crippen LogP contribution in [0.3, 0.4) is 0 Å². The molecule has 0 saturated carbocycles. The number of cyclic esters (lactones) is 1. The molecular weight excluding hydrogens is 144 g/mol. The Bertz CT molecular complexity index is 184. The summed E-state index contributed by atoms with van der Waals surface area (Å²) in [7, 11) is 0. The number of esters is 1. The predicted octanol–water partition coefficient (Wildman–Crippen LogP) is 0.917. The molecule has 1 unspecified atom stereocenters. The Hall–Kier alpha value is -0.860. The second-order valence-electron chi connectivity index (χ2n) is 3.15. The third-order valence-corrected chi connectivity index (χ3v) is 1.89. The molecule has 11 heavy (non-hydrogen) atoms. The lowest BCUT2D eigenvalue weighted by molar-refractivity contribution is -0.164. The van der Waals surface area contributed by atoms with Crippen molar-refractivity contribution in [3.63, 3.8) is 0 Å². The van der Waals surface area contributed by atoms with Crippen LogP contribution in [0.1, 0.15) is 26.7 Å². The molecule has 0 aromatic rings. The van der Waals surface area contributed by atoms with Gasteiger partial charge in [0.25, 0.3) is 0 Å². The molecule has 3 nitrogen and oxygen atoms in total. The van der Waals surface area contributed by atoms with Crippen molar-refractivity contribution < 1.29 is 14.3 Å². The molecule has 1 rings (SSSR count). The minimum absolute atomic E-state index is 0.0554. The fourth-order valence-corrected chi connectivity index (χ4v) is 1.11. The smallest absolute Gasteiger partial charge is 0.374 e. The highest BCUT2D eigenvalue weighted by Gasteiger charge is 2.29. The molecule has 1 aliphatic rings. The maximum Gasteiger partial charge on any atom is 0.374 e. The summed E-state index contributed by atoms with van der Waals surface area (Å²) >= 11 is 0. The first-order valence-corrected chi connectivity index (χ1v) is 3.85. The Labute approximate surface area is 65.7 Å². The van der Waals surface area contributed by atoms with E-state index in [0.29, 0.717) is 18.8 Å². The minimum atomic E-state index is -0.657. The SMILES string of the molecule is CC(C)C1CCC(=O)C(=O)O1. The zero-order chi connectivity index (χ0) is 8.43. The molecule has 0 aliphatic carbocycles. The molecule has 1 fully saturated rings. The zero-order valence-electron chi connectivity index (χ0n) is 6.79. The third kappa shape index (κ3) is 1.79. The molecule has 0 spiro atoms. The van der Waals surface area contributed by atoms with Crippen LogP contribution in [0.2, 0.25) is 0 Å². The van der Waals surface area contributed by atoms with Gasteiger partial charge in [0.2, 0.25) is 5.78 Å². The molecule has 0 amide bonds. The van der Waals surface area contributed by atoms with Gasteiger partial charge in [0, 0.05) is 6.42 Å². The molecule has 0 aromatic heterocycles. The van der Waals surface area contributed by atoms with Crippen molar-refractivity contribution in [3.8, 4) is 0 Å². The van der Waals surface area contributed by atoms with Gasteiger partial charge in [0.1, 0.15) is 6.10 Å². The van der Waals surface area contributed by atoms with E-state index >= 15 is 0 Å². The highest BCUT2D eigenvalue weighted by molar-refractivity contribution is 6.34. The summed E-state index contributed by atoms with van der Waals surface area (Å²) in [6, 6.07) is 0. The van der Waals surface area contributed by atoms with Crippen molar-refractivity contribution in [1.82, 2.24) is 0 Å². The van der Waals surface area contributed by atoms with Gasteiger partial charge in [-0.15, -0.1) is 0 Å². The fraction of sp³-hybridized carbons (Fsp3) is 0.750. The van der Waals surface area contributed by atoms with Crippen molar-refractivity contribution in [2.75, 3.05) is 0 Å². The second kappa shape index (κ2) is 3.03. The maximum atomic E-state index is 10.7. The summed E-state index contributed by atoms with van der Waals surface area (Å²) < 4.78 is 4.87. The third-order valence-electron chi connectivity index (χ3n) is 1.89. The molecule has 0 bridgehead atoms. The van der Waals surface area contributed by atoms with Crippen LogP contribution in [0.15, 0.2) is 0 Å². The molecule has 62 valence electrons. The van der Waals surface area contributed by atoms with Crippen LogP contribution in [0.4, 0.5) is 0 Å². The van der Waals surface area contributed by atoms with Crippen LogP contribution in [0.25, 0.3) is 0 Å². The second-order valence-corrected chi connectivity index (χ2v) is 3.15. The largest absolute Gasteiger partial charge is 0.456 e. The van der Waals surface area contributed by atoms with E-state index in [2.05, 4.69) is 0 Å². The van der Waals surface area contributed by atoms with Gasteiger partial charge in [-0.1, -0.05) is 13.8 Å². The number of carbonyl (C=O) groups is 2. The summed E-state index contributed by atoms with van der Waals surface area (Å²) in [5.41, 5.74) is 0. The highest BCUT2D eigenvalue weighted by Crippen LogP contribution is 2.18. The Balaban J connectivity index is 2.53. The summed E-state index contributed by atoms with van der Waals surface area (Å²) in [6.45, 7) is 3.96. The van der Waals surface area contributed by atoms with Crippen LogP contribution in [-0.4, -0.2) is 17.9 Å². The summed E-state index contributed by atoms with van der Waals surface area (Å²) in [6.07, 6.45) is 0.976. The average molecular weight is 156 g/mol. The van der Waals surface area contributed by atoms with Crippen molar-refractivity contribution in [1.29, 1.82) is 0 Å². The van der Waals surface area contributed by atoms with E-state index in [4.69, 9.17) is 4.74 Å². The minimum Gasteiger partial charge on any atom is -0.456 e. The first-order chi connectivity index (χ1) is 5.11. The Morgan fingerprint density at radius 2 is 2.09 bits per heavy atom. The van der Waals surface area contributed by atoms with E-state index < -0.39 is 5.97 Å². The van der Waals surface area contributed by atoms with E-state index in [9.17, 15) is 9.59 Å². The van der Waals surface area contributed by atoms with Crippen molar-refractivity contribution >= 4 is 11.8 Å². The van der Waals surface area contributed by atoms with E-state index in [1.807, 2.05) is 13.8 Å². The molecule has 1 saturated heterocycles. The zero-order valence-corrected chi connectivity index (χ0v) is 6.79. The molecule has 0 aromatic carbocycles. The average Bonchev–Trinajstić information content (AvgIpc) is 1.94. The van der Waals surface area contributed by atoms with Crippen LogP contribution >= 0.6 is 0 Å². The van der Waals surface area contributed by atoms with E-state index in [1.165, 1.54) is 0 Å². The van der Waals surface area contributed by atoms with Gasteiger partial charge in [-0.2, -0.15) is 0 Å². The number of ether oxygens (including phenoxy) is 1. The van der Waals surface area contributed by atoms with Crippen molar-refractivity contribution in [2.45, 2.75) is 32.8 Å². The van der Waals surface area contributed by atoms with Crippen molar-refractivity contribution in [2.24, 2.45) is 5.92 Å². The highest BCUT2D eigenvalue weighted by atomic mass is 16.5. The Morgan fingerprint density at radius 1 is 1.45 bits per heavy atom. The summed E-state index contributed by atoms with van der Waals surface area (Å²) in [4.78, 5) is 21.4. The van der Waals surface area contributed by atoms with Crippen LogP contribution < -0.4 is 0 Å². The topological polar surface area (TPSA) is 43.4 Å². The lowest BCUT2D eigenvalue weighted by Crippen LogP contribution is -2.34. The van der Waals surface area contributed by atoms with Crippen molar-refractivity contribution in [3.05, 3.63) is 0 Å². The first kappa shape index (κ1) is 8.24. The quantitative estimate of drug-likeness (QED) is 0.418. The standard InChI is InChI=1S/C8H12O3/c1-5(2)7-4-3-6(9)8(10)11-7/h5,7H,3-4H2,1-2H3. The number of carbonyl (C=O) groups excluding carboxylic acids is 2. The van der Waals surface area contributed by atoms with E-state index in [-0.39, 0.29) is 11.9 Å². The predicted molar refractivity (Wildman–Crippen MR) is 39.0 cm³/mol. The summed E-state index contributed by atoms with van der Waals surface area (Å²) in [5, 5.41) is 0. The lowest BCUT2D eigenvalue weighted by Gasteiger charge is -2.24. The molecule has 1 aliphatic heterocycles. The van der Waals surface area contributed by atoms with Crippen LogP contribution in [0, 0.1) is 5.92 Å². The number of Topliss-reactive ketones (excluding diaryl/α,β-unsaturated/α-hetero) is 1.